The third-order valence-electron chi connectivity index (χ3n) is 12.9. The van der Waals surface area contributed by atoms with Gasteiger partial charge in [0.1, 0.15) is 0 Å². The molecule has 0 radical (unpaired) electrons. The molecule has 0 aliphatic heterocycles. The van der Waals surface area contributed by atoms with Crippen molar-refractivity contribution in [1.29, 1.82) is 0 Å². The second kappa shape index (κ2) is 15.5. The summed E-state index contributed by atoms with van der Waals surface area (Å²) in [4.78, 5) is 19.4. The van der Waals surface area contributed by atoms with Crippen LogP contribution < -0.4 is 0 Å². The zero-order valence-corrected chi connectivity index (χ0v) is 38.0. The van der Waals surface area contributed by atoms with Crippen molar-refractivity contribution in [2.24, 2.45) is 0 Å². The first-order valence-corrected chi connectivity index (χ1v) is 22.6. The maximum absolute atomic E-state index is 8.29. The Hall–Kier alpha value is -8.14. The highest BCUT2D eigenvalue weighted by Crippen LogP contribution is 2.44. The van der Waals surface area contributed by atoms with Crippen LogP contribution in [0.1, 0.15) is 52.7 Å². The van der Waals surface area contributed by atoms with E-state index >= 15 is 0 Å². The fourth-order valence-electron chi connectivity index (χ4n) is 9.42. The monoisotopic (exact) mass is 852 g/mol. The van der Waals surface area contributed by atoms with Crippen molar-refractivity contribution in [1.82, 2.24) is 24.1 Å². The average molecular weight is 853 g/mol. The number of nitrogens with zero attached hydrogens (tertiary/aromatic N) is 6. The van der Waals surface area contributed by atoms with Gasteiger partial charge in [0.2, 0.25) is 0 Å². The fraction of sp³-hybridized carbons (Fsp3) is 0.133. The molecule has 0 aliphatic rings. The second-order valence-electron chi connectivity index (χ2n) is 19.3. The zero-order valence-electron chi connectivity index (χ0n) is 38.0. The van der Waals surface area contributed by atoms with Gasteiger partial charge in [-0.15, -0.1) is 0 Å². The Morgan fingerprint density at radius 3 is 1.33 bits per heavy atom. The van der Waals surface area contributed by atoms with E-state index in [9.17, 15) is 0 Å². The lowest BCUT2D eigenvalue weighted by atomic mass is 9.86. The first-order valence-electron chi connectivity index (χ1n) is 22.6. The minimum absolute atomic E-state index is 0.0192. The van der Waals surface area contributed by atoms with Crippen LogP contribution in [0.4, 0.5) is 5.69 Å². The van der Waals surface area contributed by atoms with Crippen LogP contribution in [0.25, 0.3) is 105 Å². The first-order chi connectivity index (χ1) is 31.9. The lowest BCUT2D eigenvalue weighted by molar-refractivity contribution is 0.591. The van der Waals surface area contributed by atoms with Crippen LogP contribution in [0, 0.1) is 6.57 Å². The molecule has 318 valence electrons. The van der Waals surface area contributed by atoms with E-state index in [0.717, 1.165) is 61.3 Å². The van der Waals surface area contributed by atoms with Crippen LogP contribution in [-0.4, -0.2) is 24.1 Å². The van der Waals surface area contributed by atoms with Crippen LogP contribution in [0.15, 0.2) is 182 Å². The van der Waals surface area contributed by atoms with Crippen molar-refractivity contribution >= 4 is 49.3 Å². The molecule has 3 aromatic heterocycles. The molecule has 0 saturated carbocycles. The topological polar surface area (TPSA) is 52.9 Å². The van der Waals surface area contributed by atoms with Crippen LogP contribution in [-0.2, 0) is 10.8 Å². The Labute approximate surface area is 385 Å². The quantitative estimate of drug-likeness (QED) is 0.157. The first kappa shape index (κ1) is 40.6. The molecule has 11 aromatic rings. The van der Waals surface area contributed by atoms with Gasteiger partial charge in [0.25, 0.3) is 0 Å². The van der Waals surface area contributed by atoms with E-state index in [1.54, 1.807) is 0 Å². The van der Waals surface area contributed by atoms with Crippen molar-refractivity contribution in [3.8, 4) is 56.7 Å². The lowest BCUT2D eigenvalue weighted by Crippen LogP contribution is -2.10. The smallest absolute Gasteiger partial charge is 0.188 e. The van der Waals surface area contributed by atoms with E-state index in [2.05, 4.69) is 171 Å². The molecule has 0 aliphatic carbocycles. The highest BCUT2D eigenvalue weighted by molar-refractivity contribution is 6.12. The normalized spacial score (nSPS) is 12.1. The Morgan fingerprint density at radius 1 is 0.379 bits per heavy atom. The van der Waals surface area contributed by atoms with Gasteiger partial charge >= 0.3 is 0 Å². The number of hydrogen-bond donors (Lipinski definition) is 0. The highest BCUT2D eigenvalue weighted by atomic mass is 15.0. The maximum atomic E-state index is 8.29. The number of fused-ring (bicyclic) bond motifs is 6. The van der Waals surface area contributed by atoms with E-state index in [1.165, 1.54) is 32.7 Å². The van der Waals surface area contributed by atoms with Gasteiger partial charge in [-0.25, -0.2) is 19.8 Å². The molecule has 8 aromatic carbocycles. The van der Waals surface area contributed by atoms with E-state index < -0.39 is 0 Å². The predicted molar refractivity (Wildman–Crippen MR) is 274 cm³/mol. The molecule has 11 rings (SSSR count). The fourth-order valence-corrected chi connectivity index (χ4v) is 9.42. The predicted octanol–water partition coefficient (Wildman–Crippen LogP) is 15.9. The molecule has 6 heteroatoms. The molecule has 0 spiro atoms. The third-order valence-corrected chi connectivity index (χ3v) is 12.9. The minimum Gasteiger partial charge on any atom is -0.309 e. The molecule has 66 heavy (non-hydrogen) atoms. The van der Waals surface area contributed by atoms with Crippen LogP contribution in [0.3, 0.4) is 0 Å². The van der Waals surface area contributed by atoms with Gasteiger partial charge < -0.3 is 9.13 Å². The summed E-state index contributed by atoms with van der Waals surface area (Å²) in [5.41, 5.74) is 13.9. The van der Waals surface area contributed by atoms with Gasteiger partial charge in [-0.05, 0) is 82.1 Å². The third kappa shape index (κ3) is 6.92. The SMILES string of the molecule is [C-]#[N+]c1ccc(-n2c3ccccc3c3cc(C(C)(C)C)ccc32)c(-c2ccc(-c3nc(-c4ccccc4)nc(-c4ccccc4)n3)cc2-n2c3ccccc3c3cc(C(C)(C)C)ccc32)c1. The standard InChI is InChI=1S/C60H48N6/c1-59(2,3)41-27-31-52-47(35-41)44-22-14-16-24-50(44)65(52)54-33-29-43(61-7)37-49(54)46-30-26-40(58-63-56(38-18-10-8-11-19-38)62-57(64-58)39-20-12-9-13-21-39)34-55(46)66-51-25-17-15-23-45(51)48-36-42(60(4,5)6)28-32-53(48)66/h8-37H,1-6H3. The molecular formula is C60H48N6. The molecule has 0 amide bonds. The summed E-state index contributed by atoms with van der Waals surface area (Å²) in [6, 6.07) is 64.0. The van der Waals surface area contributed by atoms with Gasteiger partial charge in [-0.2, -0.15) is 0 Å². The summed E-state index contributed by atoms with van der Waals surface area (Å²) in [6.07, 6.45) is 0. The second-order valence-corrected chi connectivity index (χ2v) is 19.3. The van der Waals surface area contributed by atoms with Gasteiger partial charge in [0, 0.05) is 43.8 Å². The summed E-state index contributed by atoms with van der Waals surface area (Å²) < 4.78 is 4.77. The maximum Gasteiger partial charge on any atom is 0.188 e. The van der Waals surface area contributed by atoms with Gasteiger partial charge in [0.15, 0.2) is 23.2 Å². The van der Waals surface area contributed by atoms with Crippen LogP contribution in [0.2, 0.25) is 0 Å². The largest absolute Gasteiger partial charge is 0.309 e. The van der Waals surface area contributed by atoms with Crippen molar-refractivity contribution < 1.29 is 0 Å². The number of benzene rings is 8. The summed E-state index contributed by atoms with van der Waals surface area (Å²) in [6.45, 7) is 21.9. The van der Waals surface area contributed by atoms with Gasteiger partial charge in [-0.1, -0.05) is 169 Å². The molecule has 0 fully saturated rings. The van der Waals surface area contributed by atoms with E-state index in [0.29, 0.717) is 23.2 Å². The van der Waals surface area contributed by atoms with Crippen LogP contribution in [0.5, 0.6) is 0 Å². The number of aromatic nitrogens is 5. The summed E-state index contributed by atoms with van der Waals surface area (Å²) in [5.74, 6) is 1.77. The van der Waals surface area contributed by atoms with Crippen molar-refractivity contribution in [3.63, 3.8) is 0 Å². The molecule has 3 heterocycles. The van der Waals surface area contributed by atoms with Crippen LogP contribution >= 0.6 is 0 Å². The minimum atomic E-state index is -0.0425. The van der Waals surface area contributed by atoms with Gasteiger partial charge in [0.05, 0.1) is 40.0 Å². The number of hydrogen-bond acceptors (Lipinski definition) is 3. The Bertz CT molecular complexity index is 3670. The molecule has 0 N–H and O–H groups in total. The Balaban J connectivity index is 1.24. The molecule has 0 atom stereocenters. The summed E-state index contributed by atoms with van der Waals surface area (Å²) in [7, 11) is 0. The molecule has 0 unspecified atom stereocenters. The lowest BCUT2D eigenvalue weighted by Gasteiger charge is -2.21. The van der Waals surface area contributed by atoms with Crippen molar-refractivity contribution in [3.05, 3.63) is 205 Å². The Kier molecular flexibility index (Phi) is 9.56. The highest BCUT2D eigenvalue weighted by Gasteiger charge is 2.25. The number of para-hydroxylation sites is 2. The summed E-state index contributed by atoms with van der Waals surface area (Å²) >= 11 is 0. The van der Waals surface area contributed by atoms with E-state index in [4.69, 9.17) is 21.5 Å². The molecular weight excluding hydrogens is 805 g/mol. The van der Waals surface area contributed by atoms with E-state index in [-0.39, 0.29) is 10.8 Å². The average Bonchev–Trinajstić information content (AvgIpc) is 3.85. The zero-order chi connectivity index (χ0) is 45.3. The number of rotatable bonds is 6. The van der Waals surface area contributed by atoms with E-state index in [1.807, 2.05) is 66.7 Å². The molecule has 0 bridgehead atoms. The summed E-state index contributed by atoms with van der Waals surface area (Å²) in [5, 5.41) is 4.73. The Morgan fingerprint density at radius 2 is 0.833 bits per heavy atom. The van der Waals surface area contributed by atoms with Crippen molar-refractivity contribution in [2.45, 2.75) is 52.4 Å². The molecule has 6 nitrogen and oxygen atoms in total. The van der Waals surface area contributed by atoms with Crippen molar-refractivity contribution in [2.75, 3.05) is 0 Å². The molecule has 0 saturated heterocycles. The van der Waals surface area contributed by atoms with Gasteiger partial charge in [-0.3, -0.25) is 0 Å².